The number of ketones is 1. The molecule has 1 nitrogen and oxygen atoms in total. The van der Waals surface area contributed by atoms with E-state index in [0.29, 0.717) is 0 Å². The Morgan fingerprint density at radius 3 is 1.45 bits per heavy atom. The Labute approximate surface area is 140 Å². The Kier molecular flexibility index (Phi) is 5.39. The zero-order valence-corrected chi connectivity index (χ0v) is 14.1. The molecule has 0 aliphatic carbocycles. The number of halogens is 6. The number of carbonyl (C=O) groups excluding carboxylic acids is 1. The summed E-state index contributed by atoms with van der Waals surface area (Å²) in [5, 5.41) is 0.0671. The van der Waals surface area contributed by atoms with E-state index in [1.165, 1.54) is 0 Å². The normalized spacial score (nSPS) is 10.8. The molecule has 2 aromatic rings. The number of benzene rings is 2. The van der Waals surface area contributed by atoms with Crippen LogP contribution in [0, 0.1) is 23.3 Å². The number of alkyl halides is 2. The Hall–Kier alpha value is -1.21. The topological polar surface area (TPSA) is 17.1 Å². The molecule has 0 unspecified atom stereocenters. The Balaban J connectivity index is 2.69. The van der Waals surface area contributed by atoms with Gasteiger partial charge in [-0.25, -0.2) is 17.6 Å². The predicted molar refractivity (Wildman–Crippen MR) is 81.4 cm³/mol. The van der Waals surface area contributed by atoms with Crippen molar-refractivity contribution in [1.82, 2.24) is 0 Å². The maximum Gasteiger partial charge on any atom is 0.204 e. The van der Waals surface area contributed by atoms with Gasteiger partial charge >= 0.3 is 0 Å². The second kappa shape index (κ2) is 6.91. The van der Waals surface area contributed by atoms with Crippen molar-refractivity contribution < 1.29 is 22.4 Å². The van der Waals surface area contributed by atoms with E-state index in [9.17, 15) is 22.4 Å². The molecule has 22 heavy (non-hydrogen) atoms. The highest BCUT2D eigenvalue weighted by molar-refractivity contribution is 9.08. The predicted octanol–water partition coefficient (Wildman–Crippen LogP) is 5.26. The van der Waals surface area contributed by atoms with Gasteiger partial charge in [0.1, 0.15) is 23.3 Å². The molecular weight excluding hydrogens is 432 g/mol. The van der Waals surface area contributed by atoms with Gasteiger partial charge in [-0.15, -0.1) is 0 Å². The van der Waals surface area contributed by atoms with Crippen LogP contribution in [-0.2, 0) is 10.7 Å². The van der Waals surface area contributed by atoms with Gasteiger partial charge < -0.3 is 0 Å². The highest BCUT2D eigenvalue weighted by Crippen LogP contribution is 2.26. The summed E-state index contributed by atoms with van der Waals surface area (Å²) in [4.78, 5) is 12.3. The smallest absolute Gasteiger partial charge is 0.204 e. The van der Waals surface area contributed by atoms with Crippen LogP contribution < -0.4 is 0 Å². The van der Waals surface area contributed by atoms with Crippen molar-refractivity contribution in [2.75, 3.05) is 0 Å². The van der Waals surface area contributed by atoms with Crippen molar-refractivity contribution in [1.29, 1.82) is 0 Å². The first kappa shape index (κ1) is 17.1. The minimum absolute atomic E-state index is 0.0159. The zero-order chi connectivity index (χ0) is 16.4. The van der Waals surface area contributed by atoms with E-state index >= 15 is 0 Å². The molecular formula is C15H8Br2F4O. The maximum atomic E-state index is 14.2. The summed E-state index contributed by atoms with van der Waals surface area (Å²) in [5.74, 6) is -5.98. The molecule has 2 aromatic carbocycles. The van der Waals surface area contributed by atoms with Gasteiger partial charge in [-0.2, -0.15) is 0 Å². The number of rotatable bonds is 4. The minimum Gasteiger partial charge on any atom is -0.288 e. The average Bonchev–Trinajstić information content (AvgIpc) is 2.48. The largest absolute Gasteiger partial charge is 0.288 e. The fraction of sp³-hybridized carbons (Fsp3) is 0.133. The van der Waals surface area contributed by atoms with Gasteiger partial charge in [0.05, 0.1) is 11.1 Å². The summed E-state index contributed by atoms with van der Waals surface area (Å²) >= 11 is 5.99. The van der Waals surface area contributed by atoms with Gasteiger partial charge in [-0.05, 0) is 23.3 Å². The second-order valence-electron chi connectivity index (χ2n) is 4.39. The standard InChI is InChI=1S/C15H8Br2F4O/c16-5-7-1-3-9(18)11(13(7)20)15(22)12-10(19)4-2-8(6-17)14(12)21/h1-4H,5-6H2. The van der Waals surface area contributed by atoms with E-state index in [2.05, 4.69) is 31.9 Å². The van der Waals surface area contributed by atoms with Crippen LogP contribution in [0.25, 0.3) is 0 Å². The third kappa shape index (κ3) is 2.96. The van der Waals surface area contributed by atoms with Crippen molar-refractivity contribution in [2.24, 2.45) is 0 Å². The molecule has 2 rings (SSSR count). The zero-order valence-electron chi connectivity index (χ0n) is 10.9. The van der Waals surface area contributed by atoms with Crippen molar-refractivity contribution >= 4 is 37.6 Å². The van der Waals surface area contributed by atoms with Gasteiger partial charge in [0, 0.05) is 10.7 Å². The number of hydrogen-bond donors (Lipinski definition) is 0. The molecule has 0 N–H and O–H groups in total. The van der Waals surface area contributed by atoms with E-state index in [4.69, 9.17) is 0 Å². The van der Waals surface area contributed by atoms with Crippen LogP contribution in [-0.4, -0.2) is 5.78 Å². The quantitative estimate of drug-likeness (QED) is 0.360. The molecule has 7 heteroatoms. The fourth-order valence-electron chi connectivity index (χ4n) is 1.94. The van der Waals surface area contributed by atoms with Crippen LogP contribution in [0.5, 0.6) is 0 Å². The van der Waals surface area contributed by atoms with E-state index in [1.54, 1.807) is 0 Å². The van der Waals surface area contributed by atoms with Gasteiger partial charge in [-0.1, -0.05) is 44.0 Å². The van der Waals surface area contributed by atoms with Crippen LogP contribution in [0.1, 0.15) is 27.0 Å². The van der Waals surface area contributed by atoms with Gasteiger partial charge in [0.25, 0.3) is 0 Å². The third-order valence-corrected chi connectivity index (χ3v) is 4.29. The minimum atomic E-state index is -1.37. The molecule has 0 saturated heterocycles. The first-order valence-corrected chi connectivity index (χ1v) is 8.27. The fourth-order valence-corrected chi connectivity index (χ4v) is 2.81. The highest BCUT2D eigenvalue weighted by Gasteiger charge is 2.27. The molecule has 0 fully saturated rings. The van der Waals surface area contributed by atoms with Crippen LogP contribution in [0.4, 0.5) is 17.6 Å². The van der Waals surface area contributed by atoms with E-state index in [-0.39, 0.29) is 21.8 Å². The lowest BCUT2D eigenvalue weighted by atomic mass is 9.98. The first-order chi connectivity index (χ1) is 10.4. The molecule has 0 amide bonds. The Morgan fingerprint density at radius 1 is 0.773 bits per heavy atom. The summed E-state index contributed by atoms with van der Waals surface area (Å²) in [6, 6.07) is 4.07. The summed E-state index contributed by atoms with van der Waals surface area (Å²) < 4.78 is 56.0. The lowest BCUT2D eigenvalue weighted by Crippen LogP contribution is -2.14. The van der Waals surface area contributed by atoms with Gasteiger partial charge in [0.2, 0.25) is 5.78 Å². The maximum absolute atomic E-state index is 14.2. The molecule has 0 radical (unpaired) electrons. The van der Waals surface area contributed by atoms with Crippen molar-refractivity contribution in [2.45, 2.75) is 10.7 Å². The second-order valence-corrected chi connectivity index (χ2v) is 5.51. The van der Waals surface area contributed by atoms with Crippen LogP contribution in [0.15, 0.2) is 24.3 Å². The van der Waals surface area contributed by atoms with E-state index in [0.717, 1.165) is 24.3 Å². The van der Waals surface area contributed by atoms with E-state index in [1.807, 2.05) is 0 Å². The molecule has 0 spiro atoms. The number of carbonyl (C=O) groups is 1. The molecule has 0 aliphatic heterocycles. The third-order valence-electron chi connectivity index (χ3n) is 3.08. The first-order valence-electron chi connectivity index (χ1n) is 6.02. The summed E-state index contributed by atoms with van der Waals surface area (Å²) in [7, 11) is 0. The monoisotopic (exact) mass is 438 g/mol. The Morgan fingerprint density at radius 2 is 1.14 bits per heavy atom. The van der Waals surface area contributed by atoms with Gasteiger partial charge in [0.15, 0.2) is 0 Å². The van der Waals surface area contributed by atoms with Gasteiger partial charge in [-0.3, -0.25) is 4.79 Å². The van der Waals surface area contributed by atoms with Crippen molar-refractivity contribution in [3.8, 4) is 0 Å². The summed E-state index contributed by atoms with van der Waals surface area (Å²) in [5.41, 5.74) is -1.91. The summed E-state index contributed by atoms with van der Waals surface area (Å²) in [6.07, 6.45) is 0. The molecule has 0 heterocycles. The summed E-state index contributed by atoms with van der Waals surface area (Å²) in [6.45, 7) is 0. The lowest BCUT2D eigenvalue weighted by molar-refractivity contribution is 0.102. The molecule has 0 aliphatic rings. The highest BCUT2D eigenvalue weighted by atomic mass is 79.9. The molecule has 116 valence electrons. The Bertz CT molecular complexity index is 685. The van der Waals surface area contributed by atoms with Crippen LogP contribution in [0.2, 0.25) is 0 Å². The molecule has 0 bridgehead atoms. The molecule has 0 aromatic heterocycles. The SMILES string of the molecule is O=C(c1c(F)ccc(CBr)c1F)c1c(F)ccc(CBr)c1F. The van der Waals surface area contributed by atoms with Crippen molar-refractivity contribution in [3.63, 3.8) is 0 Å². The van der Waals surface area contributed by atoms with Crippen LogP contribution in [0.3, 0.4) is 0 Å². The van der Waals surface area contributed by atoms with E-state index < -0.39 is 40.2 Å². The molecule has 0 saturated carbocycles. The average molecular weight is 440 g/mol. The molecule has 0 atom stereocenters. The lowest BCUT2D eigenvalue weighted by Gasteiger charge is -2.10. The number of hydrogen-bond acceptors (Lipinski definition) is 1. The van der Waals surface area contributed by atoms with Crippen LogP contribution >= 0.6 is 31.9 Å². The van der Waals surface area contributed by atoms with Crippen molar-refractivity contribution in [3.05, 3.63) is 69.8 Å².